The summed E-state index contributed by atoms with van der Waals surface area (Å²) < 4.78 is 5.17. The van der Waals surface area contributed by atoms with Gasteiger partial charge in [-0.3, -0.25) is 0 Å². The fourth-order valence-electron chi connectivity index (χ4n) is 2.74. The van der Waals surface area contributed by atoms with Gasteiger partial charge in [-0.15, -0.1) is 0 Å². The molecule has 94 valence electrons. The normalized spacial score (nSPS) is 24.5. The van der Waals surface area contributed by atoms with E-state index in [0.29, 0.717) is 5.92 Å². The molecule has 0 bridgehead atoms. The number of hydrogen-bond donors (Lipinski definition) is 0. The Kier molecular flexibility index (Phi) is 2.76. The van der Waals surface area contributed by atoms with Crippen molar-refractivity contribution in [2.24, 2.45) is 0 Å². The Balaban J connectivity index is 1.91. The molecule has 3 rings (SSSR count). The third-order valence-corrected chi connectivity index (χ3v) is 3.97. The number of hydrogen-bond acceptors (Lipinski definition) is 2. The number of rotatable bonds is 3. The maximum Gasteiger partial charge on any atom is 0.118 e. The third-order valence-electron chi connectivity index (χ3n) is 3.97. The molecule has 0 aliphatic heterocycles. The topological polar surface area (TPSA) is 33.0 Å². The lowest BCUT2D eigenvalue weighted by Crippen LogP contribution is -2.06. The van der Waals surface area contributed by atoms with Gasteiger partial charge in [-0.05, 0) is 29.7 Å². The molecule has 0 heterocycles. The van der Waals surface area contributed by atoms with Crippen LogP contribution in [-0.4, -0.2) is 7.11 Å². The summed E-state index contributed by atoms with van der Waals surface area (Å²) in [4.78, 5) is 0. The molecule has 0 saturated heterocycles. The molecule has 1 saturated carbocycles. The zero-order valence-electron chi connectivity index (χ0n) is 10.8. The smallest absolute Gasteiger partial charge is 0.118 e. The maximum atomic E-state index is 9.57. The Labute approximate surface area is 113 Å². The Bertz CT molecular complexity index is 612. The van der Waals surface area contributed by atoms with Crippen LogP contribution in [0.1, 0.15) is 23.5 Å². The number of benzene rings is 2. The van der Waals surface area contributed by atoms with Crippen molar-refractivity contribution in [2.45, 2.75) is 17.8 Å². The number of ether oxygens (including phenoxy) is 1. The second kappa shape index (κ2) is 4.44. The van der Waals surface area contributed by atoms with Gasteiger partial charge in [0.25, 0.3) is 0 Å². The highest BCUT2D eigenvalue weighted by atomic mass is 16.5. The summed E-state index contributed by atoms with van der Waals surface area (Å²) in [5.74, 6) is 1.15. The van der Waals surface area contributed by atoms with Crippen molar-refractivity contribution < 1.29 is 4.74 Å². The van der Waals surface area contributed by atoms with Gasteiger partial charge in [-0.1, -0.05) is 42.5 Å². The molecule has 0 radical (unpaired) electrons. The predicted octanol–water partition coefficient (Wildman–Crippen LogP) is 3.64. The Morgan fingerprint density at radius 3 is 2.37 bits per heavy atom. The van der Waals surface area contributed by atoms with Gasteiger partial charge in [0.05, 0.1) is 18.6 Å². The van der Waals surface area contributed by atoms with Crippen molar-refractivity contribution >= 4 is 0 Å². The van der Waals surface area contributed by atoms with Gasteiger partial charge in [0.2, 0.25) is 0 Å². The minimum atomic E-state index is -0.337. The molecule has 2 aromatic rings. The molecule has 19 heavy (non-hydrogen) atoms. The van der Waals surface area contributed by atoms with Crippen LogP contribution in [0.25, 0.3) is 0 Å². The minimum Gasteiger partial charge on any atom is -0.497 e. The summed E-state index contributed by atoms with van der Waals surface area (Å²) in [5.41, 5.74) is 2.00. The van der Waals surface area contributed by atoms with Gasteiger partial charge in [-0.25, -0.2) is 0 Å². The van der Waals surface area contributed by atoms with Gasteiger partial charge in [0.1, 0.15) is 5.75 Å². The summed E-state index contributed by atoms with van der Waals surface area (Å²) >= 11 is 0. The van der Waals surface area contributed by atoms with Crippen LogP contribution in [0.3, 0.4) is 0 Å². The molecular weight excluding hydrogens is 234 g/mol. The summed E-state index contributed by atoms with van der Waals surface area (Å²) in [5, 5.41) is 9.57. The predicted molar refractivity (Wildman–Crippen MR) is 74.1 cm³/mol. The van der Waals surface area contributed by atoms with Crippen molar-refractivity contribution in [2.75, 3.05) is 7.11 Å². The van der Waals surface area contributed by atoms with E-state index < -0.39 is 0 Å². The first-order valence-corrected chi connectivity index (χ1v) is 6.41. The molecule has 0 spiro atoms. The maximum absolute atomic E-state index is 9.57. The Hall–Kier alpha value is -2.27. The van der Waals surface area contributed by atoms with Crippen molar-refractivity contribution in [1.82, 2.24) is 0 Å². The fraction of sp³-hybridized carbons (Fsp3) is 0.235. The van der Waals surface area contributed by atoms with Gasteiger partial charge in [0.15, 0.2) is 0 Å². The highest BCUT2D eigenvalue weighted by molar-refractivity contribution is 5.49. The summed E-state index contributed by atoms with van der Waals surface area (Å²) in [6, 6.07) is 20.6. The van der Waals surface area contributed by atoms with E-state index in [2.05, 4.69) is 18.2 Å². The molecule has 0 aromatic heterocycles. The fourth-order valence-corrected chi connectivity index (χ4v) is 2.74. The molecule has 2 aromatic carbocycles. The van der Waals surface area contributed by atoms with Crippen LogP contribution < -0.4 is 4.74 Å². The lowest BCUT2D eigenvalue weighted by molar-refractivity contribution is 0.414. The minimum absolute atomic E-state index is 0.297. The van der Waals surface area contributed by atoms with E-state index in [1.165, 1.54) is 5.56 Å². The number of nitriles is 1. The van der Waals surface area contributed by atoms with Crippen molar-refractivity contribution in [3.63, 3.8) is 0 Å². The van der Waals surface area contributed by atoms with Crippen molar-refractivity contribution in [3.05, 3.63) is 65.7 Å². The zero-order valence-corrected chi connectivity index (χ0v) is 10.8. The molecule has 1 aliphatic rings. The molecule has 1 aliphatic carbocycles. The van der Waals surface area contributed by atoms with E-state index in [9.17, 15) is 5.26 Å². The van der Waals surface area contributed by atoms with E-state index >= 15 is 0 Å². The van der Waals surface area contributed by atoms with Crippen LogP contribution in [0, 0.1) is 11.3 Å². The summed E-state index contributed by atoms with van der Waals surface area (Å²) in [6.07, 6.45) is 0.903. The van der Waals surface area contributed by atoms with Crippen LogP contribution in [-0.2, 0) is 5.41 Å². The number of nitrogens with zero attached hydrogens (tertiary/aromatic N) is 1. The summed E-state index contributed by atoms with van der Waals surface area (Å²) in [6.45, 7) is 0. The van der Waals surface area contributed by atoms with Crippen molar-refractivity contribution in [1.29, 1.82) is 5.26 Å². The zero-order chi connectivity index (χ0) is 13.3. The second-order valence-electron chi connectivity index (χ2n) is 4.98. The molecule has 2 heteroatoms. The average Bonchev–Trinajstić information content (AvgIpc) is 3.24. The molecule has 0 N–H and O–H groups in total. The van der Waals surface area contributed by atoms with E-state index in [1.807, 2.05) is 42.5 Å². The molecule has 1 fully saturated rings. The lowest BCUT2D eigenvalue weighted by atomic mass is 9.92. The van der Waals surface area contributed by atoms with Crippen molar-refractivity contribution in [3.8, 4) is 11.8 Å². The quantitative estimate of drug-likeness (QED) is 0.832. The van der Waals surface area contributed by atoms with E-state index in [4.69, 9.17) is 4.74 Å². The molecule has 0 unspecified atom stereocenters. The SMILES string of the molecule is COc1ccc([C@H]2C[C@@]2(C#N)c2ccccc2)cc1. The van der Waals surface area contributed by atoms with E-state index in [0.717, 1.165) is 17.7 Å². The second-order valence-corrected chi connectivity index (χ2v) is 4.98. The Morgan fingerprint density at radius 1 is 1.11 bits per heavy atom. The van der Waals surface area contributed by atoms with Crippen LogP contribution in [0.15, 0.2) is 54.6 Å². The highest BCUT2D eigenvalue weighted by Crippen LogP contribution is 2.60. The first-order chi connectivity index (χ1) is 9.30. The first kappa shape index (κ1) is 11.8. The summed E-state index contributed by atoms with van der Waals surface area (Å²) in [7, 11) is 1.66. The molecule has 0 amide bonds. The van der Waals surface area contributed by atoms with Gasteiger partial charge in [0, 0.05) is 5.92 Å². The monoisotopic (exact) mass is 249 g/mol. The molecule has 2 nitrogen and oxygen atoms in total. The molecule has 2 atom stereocenters. The van der Waals surface area contributed by atoms with Crippen LogP contribution in [0.5, 0.6) is 5.75 Å². The highest BCUT2D eigenvalue weighted by Gasteiger charge is 2.56. The Morgan fingerprint density at radius 2 is 1.79 bits per heavy atom. The van der Waals surface area contributed by atoms with Crippen LogP contribution in [0.2, 0.25) is 0 Å². The first-order valence-electron chi connectivity index (χ1n) is 6.41. The van der Waals surface area contributed by atoms with E-state index in [-0.39, 0.29) is 5.41 Å². The van der Waals surface area contributed by atoms with Gasteiger partial charge in [-0.2, -0.15) is 5.26 Å². The lowest BCUT2D eigenvalue weighted by Gasteiger charge is -2.09. The van der Waals surface area contributed by atoms with Crippen LogP contribution >= 0.6 is 0 Å². The average molecular weight is 249 g/mol. The van der Waals surface area contributed by atoms with Crippen LogP contribution in [0.4, 0.5) is 0 Å². The molecular formula is C17H15NO. The van der Waals surface area contributed by atoms with Gasteiger partial charge < -0.3 is 4.74 Å². The largest absolute Gasteiger partial charge is 0.497 e. The van der Waals surface area contributed by atoms with E-state index in [1.54, 1.807) is 7.11 Å². The standard InChI is InChI=1S/C17H15NO/c1-19-15-9-7-13(8-10-15)16-11-17(16,12-18)14-5-3-2-4-6-14/h2-10,16H,11H2,1H3/t16-,17-/m1/s1. The number of methoxy groups -OCH3 is 1. The third kappa shape index (κ3) is 1.88. The van der Waals surface area contributed by atoms with Gasteiger partial charge >= 0.3 is 0 Å².